The van der Waals surface area contributed by atoms with Crippen LogP contribution in [0.2, 0.25) is 0 Å². The van der Waals surface area contributed by atoms with Crippen LogP contribution in [0.5, 0.6) is 5.75 Å². The average Bonchev–Trinajstić information content (AvgIpc) is 2.46. The Balaban J connectivity index is 2.34. The molecule has 0 fully saturated rings. The van der Waals surface area contributed by atoms with Gasteiger partial charge >= 0.3 is 5.97 Å². The smallest absolute Gasteiger partial charge is 0.349 e. The number of aryl methyl sites for hydroxylation is 1. The van der Waals surface area contributed by atoms with E-state index in [0.29, 0.717) is 17.2 Å². The van der Waals surface area contributed by atoms with Crippen LogP contribution in [0.4, 0.5) is 0 Å². The molecule has 3 nitrogen and oxygen atoms in total. The van der Waals surface area contributed by atoms with E-state index in [0.717, 1.165) is 11.1 Å². The maximum Gasteiger partial charge on any atom is 0.349 e. The van der Waals surface area contributed by atoms with Crippen molar-refractivity contribution in [2.45, 2.75) is 32.8 Å². The zero-order valence-electron chi connectivity index (χ0n) is 12.5. The third-order valence-electron chi connectivity index (χ3n) is 3.45. The largest absolute Gasteiger partial charge is 0.478 e. The number of rotatable bonds is 5. The van der Waals surface area contributed by atoms with Gasteiger partial charge in [0.2, 0.25) is 6.10 Å². The average molecular weight is 284 g/mol. The van der Waals surface area contributed by atoms with Gasteiger partial charge in [-0.3, -0.25) is 0 Å². The highest BCUT2D eigenvalue weighted by Gasteiger charge is 2.22. The highest BCUT2D eigenvalue weighted by Crippen LogP contribution is 2.28. The van der Waals surface area contributed by atoms with Gasteiger partial charge in [0.15, 0.2) is 0 Å². The lowest BCUT2D eigenvalue weighted by Gasteiger charge is -2.18. The molecule has 3 heteroatoms. The molecule has 0 aliphatic rings. The van der Waals surface area contributed by atoms with Crippen molar-refractivity contribution in [3.63, 3.8) is 0 Å². The molecule has 0 amide bonds. The van der Waals surface area contributed by atoms with Crippen LogP contribution in [0.25, 0.3) is 0 Å². The fourth-order valence-corrected chi connectivity index (χ4v) is 2.12. The Morgan fingerprint density at radius 3 is 2.29 bits per heavy atom. The highest BCUT2D eigenvalue weighted by atomic mass is 16.5. The number of aliphatic carboxylic acids is 1. The lowest BCUT2D eigenvalue weighted by Crippen LogP contribution is -2.18. The maximum atomic E-state index is 11.5. The molecule has 0 aliphatic carbocycles. The molecule has 0 radical (unpaired) electrons. The van der Waals surface area contributed by atoms with Crippen molar-refractivity contribution >= 4 is 5.97 Å². The van der Waals surface area contributed by atoms with E-state index in [1.54, 1.807) is 12.1 Å². The summed E-state index contributed by atoms with van der Waals surface area (Å²) in [5.41, 5.74) is 2.70. The highest BCUT2D eigenvalue weighted by molar-refractivity contribution is 5.75. The van der Waals surface area contributed by atoms with Crippen LogP contribution in [0.3, 0.4) is 0 Å². The summed E-state index contributed by atoms with van der Waals surface area (Å²) in [7, 11) is 0. The third kappa shape index (κ3) is 3.63. The van der Waals surface area contributed by atoms with E-state index in [2.05, 4.69) is 13.8 Å². The molecular weight excluding hydrogens is 264 g/mol. The fraction of sp³-hybridized carbons (Fsp3) is 0.278. The van der Waals surface area contributed by atoms with E-state index in [1.165, 1.54) is 0 Å². The number of carboxylic acid groups (broad SMARTS) is 1. The first-order chi connectivity index (χ1) is 9.99. The first-order valence-electron chi connectivity index (χ1n) is 7.04. The van der Waals surface area contributed by atoms with Crippen molar-refractivity contribution in [1.82, 2.24) is 0 Å². The standard InChI is InChI=1S/C18H20O3/c1-12(2)15-10-9-13(3)16(11-15)21-17(18(19)20)14-7-5-4-6-8-14/h4-12,17H,1-3H3,(H,19,20)/t17-/m0/s1. The van der Waals surface area contributed by atoms with Gasteiger partial charge in [0.25, 0.3) is 0 Å². The summed E-state index contributed by atoms with van der Waals surface area (Å²) < 4.78 is 5.78. The van der Waals surface area contributed by atoms with Gasteiger partial charge in [-0.1, -0.05) is 56.3 Å². The lowest BCUT2D eigenvalue weighted by atomic mass is 10.0. The second kappa shape index (κ2) is 6.44. The van der Waals surface area contributed by atoms with E-state index in [1.807, 2.05) is 43.3 Å². The van der Waals surface area contributed by atoms with Crippen LogP contribution in [0.15, 0.2) is 48.5 Å². The van der Waals surface area contributed by atoms with E-state index < -0.39 is 12.1 Å². The Labute approximate surface area is 125 Å². The zero-order chi connectivity index (χ0) is 15.4. The predicted octanol–water partition coefficient (Wildman–Crippen LogP) is 4.32. The molecule has 0 aromatic heterocycles. The number of benzene rings is 2. The molecule has 2 aromatic rings. The van der Waals surface area contributed by atoms with Crippen molar-refractivity contribution in [3.05, 3.63) is 65.2 Å². The second-order valence-corrected chi connectivity index (χ2v) is 5.43. The monoisotopic (exact) mass is 284 g/mol. The number of ether oxygens (including phenoxy) is 1. The zero-order valence-corrected chi connectivity index (χ0v) is 12.5. The predicted molar refractivity (Wildman–Crippen MR) is 82.7 cm³/mol. The summed E-state index contributed by atoms with van der Waals surface area (Å²) in [5.74, 6) is 0.000886. The van der Waals surface area contributed by atoms with E-state index in [-0.39, 0.29) is 0 Å². The summed E-state index contributed by atoms with van der Waals surface area (Å²) in [4.78, 5) is 11.5. The van der Waals surface area contributed by atoms with Gasteiger partial charge in [-0.25, -0.2) is 4.79 Å². The van der Waals surface area contributed by atoms with Crippen LogP contribution in [-0.2, 0) is 4.79 Å². The van der Waals surface area contributed by atoms with Gasteiger partial charge < -0.3 is 9.84 Å². The van der Waals surface area contributed by atoms with E-state index in [4.69, 9.17) is 4.74 Å². The van der Waals surface area contributed by atoms with Gasteiger partial charge in [-0.2, -0.15) is 0 Å². The Kier molecular flexibility index (Phi) is 4.63. The summed E-state index contributed by atoms with van der Waals surface area (Å²) in [6.07, 6.45) is -0.993. The van der Waals surface area contributed by atoms with Crippen molar-refractivity contribution in [2.75, 3.05) is 0 Å². The van der Waals surface area contributed by atoms with Crippen LogP contribution < -0.4 is 4.74 Å². The summed E-state index contributed by atoms with van der Waals surface area (Å²) >= 11 is 0. The molecule has 1 atom stereocenters. The molecular formula is C18H20O3. The SMILES string of the molecule is Cc1ccc(C(C)C)cc1O[C@H](C(=O)O)c1ccccc1. The topological polar surface area (TPSA) is 46.5 Å². The summed E-state index contributed by atoms with van der Waals surface area (Å²) in [6, 6.07) is 14.9. The molecule has 1 N–H and O–H groups in total. The number of hydrogen-bond donors (Lipinski definition) is 1. The Bertz CT molecular complexity index is 618. The molecule has 2 rings (SSSR count). The summed E-state index contributed by atoms with van der Waals surface area (Å²) in [5, 5.41) is 9.43. The molecule has 21 heavy (non-hydrogen) atoms. The molecule has 2 aromatic carbocycles. The van der Waals surface area contributed by atoms with Gasteiger partial charge in [0.1, 0.15) is 5.75 Å². The molecule has 0 saturated carbocycles. The first-order valence-corrected chi connectivity index (χ1v) is 7.04. The lowest BCUT2D eigenvalue weighted by molar-refractivity contribution is -0.145. The molecule has 0 aliphatic heterocycles. The number of carbonyl (C=O) groups is 1. The number of carboxylic acids is 1. The minimum Gasteiger partial charge on any atom is -0.478 e. The first kappa shape index (κ1) is 15.1. The van der Waals surface area contributed by atoms with Gasteiger partial charge in [0.05, 0.1) is 0 Å². The minimum atomic E-state index is -0.993. The second-order valence-electron chi connectivity index (χ2n) is 5.43. The van der Waals surface area contributed by atoms with Crippen molar-refractivity contribution in [1.29, 1.82) is 0 Å². The fourth-order valence-electron chi connectivity index (χ4n) is 2.12. The van der Waals surface area contributed by atoms with Crippen LogP contribution in [0.1, 0.15) is 42.6 Å². The third-order valence-corrected chi connectivity index (χ3v) is 3.45. The van der Waals surface area contributed by atoms with Gasteiger partial charge in [0, 0.05) is 5.56 Å². The van der Waals surface area contributed by atoms with Crippen molar-refractivity contribution < 1.29 is 14.6 Å². The summed E-state index contributed by atoms with van der Waals surface area (Å²) in [6.45, 7) is 6.12. The quantitative estimate of drug-likeness (QED) is 0.889. The van der Waals surface area contributed by atoms with Gasteiger partial charge in [-0.05, 0) is 30.0 Å². The molecule has 110 valence electrons. The van der Waals surface area contributed by atoms with Crippen molar-refractivity contribution in [2.24, 2.45) is 0 Å². The number of hydrogen-bond acceptors (Lipinski definition) is 2. The van der Waals surface area contributed by atoms with Crippen LogP contribution >= 0.6 is 0 Å². The minimum absolute atomic E-state index is 0.368. The normalized spacial score (nSPS) is 12.2. The van der Waals surface area contributed by atoms with Crippen molar-refractivity contribution in [3.8, 4) is 5.75 Å². The molecule has 0 unspecified atom stereocenters. The van der Waals surface area contributed by atoms with Gasteiger partial charge in [-0.15, -0.1) is 0 Å². The Morgan fingerprint density at radius 2 is 1.71 bits per heavy atom. The molecule has 0 saturated heterocycles. The molecule has 0 spiro atoms. The van der Waals surface area contributed by atoms with E-state index in [9.17, 15) is 9.90 Å². The Hall–Kier alpha value is -2.29. The van der Waals surface area contributed by atoms with Crippen LogP contribution in [-0.4, -0.2) is 11.1 Å². The molecule has 0 heterocycles. The van der Waals surface area contributed by atoms with Crippen LogP contribution in [0, 0.1) is 6.92 Å². The molecule has 0 bridgehead atoms. The van der Waals surface area contributed by atoms with E-state index >= 15 is 0 Å². The maximum absolute atomic E-state index is 11.5. The Morgan fingerprint density at radius 1 is 1.05 bits per heavy atom.